The van der Waals surface area contributed by atoms with Gasteiger partial charge >= 0.3 is 5.91 Å². The standard InChI is InChI=1S/C16H15N9O3/c1-7(2)12-11(20-24-25(12)14-13(17)22-28-23-14)16(27)21-19-10-8-5-3-4-6-9(8)18-15(10)26/h3-7,18,26H,1-2H3,(H2,17,22). The molecule has 0 fully saturated rings. The number of nitrogens with one attached hydrogen (secondary N) is 1. The Morgan fingerprint density at radius 2 is 2.11 bits per heavy atom. The van der Waals surface area contributed by atoms with Crippen LogP contribution in [-0.4, -0.2) is 41.3 Å². The molecule has 4 aromatic rings. The van der Waals surface area contributed by atoms with Crippen LogP contribution in [0.2, 0.25) is 0 Å². The summed E-state index contributed by atoms with van der Waals surface area (Å²) in [6.07, 6.45) is 0. The van der Waals surface area contributed by atoms with Crippen LogP contribution < -0.4 is 5.73 Å². The van der Waals surface area contributed by atoms with Gasteiger partial charge in [-0.15, -0.1) is 15.3 Å². The third-order valence-corrected chi connectivity index (χ3v) is 4.05. The average molecular weight is 381 g/mol. The molecule has 0 aliphatic heterocycles. The number of anilines is 1. The Bertz CT molecular complexity index is 1200. The summed E-state index contributed by atoms with van der Waals surface area (Å²) in [5, 5.41) is 33.3. The van der Waals surface area contributed by atoms with E-state index in [4.69, 9.17) is 5.73 Å². The fourth-order valence-corrected chi connectivity index (χ4v) is 2.81. The zero-order chi connectivity index (χ0) is 19.8. The Morgan fingerprint density at radius 1 is 1.32 bits per heavy atom. The molecule has 0 bridgehead atoms. The van der Waals surface area contributed by atoms with Crippen LogP contribution in [0.25, 0.3) is 16.7 Å². The lowest BCUT2D eigenvalue weighted by molar-refractivity contribution is 0.0989. The first-order valence-electron chi connectivity index (χ1n) is 8.27. The van der Waals surface area contributed by atoms with Crippen LogP contribution in [0.4, 0.5) is 11.5 Å². The number of nitrogens with zero attached hydrogens (tertiary/aromatic N) is 7. The van der Waals surface area contributed by atoms with Crippen molar-refractivity contribution in [3.8, 4) is 11.7 Å². The fourth-order valence-electron chi connectivity index (χ4n) is 2.81. The normalized spacial score (nSPS) is 11.8. The fraction of sp³-hybridized carbons (Fsp3) is 0.188. The van der Waals surface area contributed by atoms with Crippen molar-refractivity contribution >= 4 is 28.3 Å². The monoisotopic (exact) mass is 381 g/mol. The molecule has 0 saturated heterocycles. The number of benzene rings is 1. The highest BCUT2D eigenvalue weighted by molar-refractivity contribution is 5.96. The summed E-state index contributed by atoms with van der Waals surface area (Å²) < 4.78 is 5.86. The molecule has 142 valence electrons. The van der Waals surface area contributed by atoms with Crippen LogP contribution in [0, 0.1) is 0 Å². The van der Waals surface area contributed by atoms with Crippen LogP contribution in [0.5, 0.6) is 5.88 Å². The molecule has 1 amide bonds. The molecule has 3 heterocycles. The zero-order valence-corrected chi connectivity index (χ0v) is 14.9. The Balaban J connectivity index is 1.72. The molecule has 1 aromatic carbocycles. The molecule has 4 N–H and O–H groups in total. The van der Waals surface area contributed by atoms with Gasteiger partial charge in [-0.05, 0) is 22.3 Å². The van der Waals surface area contributed by atoms with Crippen LogP contribution in [0.1, 0.15) is 35.9 Å². The number of nitrogens with two attached hydrogens (primary N) is 1. The van der Waals surface area contributed by atoms with Gasteiger partial charge in [-0.25, -0.2) is 4.63 Å². The minimum Gasteiger partial charge on any atom is -0.493 e. The first-order chi connectivity index (χ1) is 13.5. The Hall–Kier alpha value is -4.09. The van der Waals surface area contributed by atoms with E-state index >= 15 is 0 Å². The molecule has 4 rings (SSSR count). The van der Waals surface area contributed by atoms with Gasteiger partial charge in [0.1, 0.15) is 0 Å². The number of para-hydroxylation sites is 1. The van der Waals surface area contributed by atoms with Gasteiger partial charge in [0.2, 0.25) is 17.5 Å². The highest BCUT2D eigenvalue weighted by Gasteiger charge is 2.26. The van der Waals surface area contributed by atoms with Crippen molar-refractivity contribution in [2.24, 2.45) is 10.2 Å². The van der Waals surface area contributed by atoms with Crippen LogP contribution in [0.15, 0.2) is 39.1 Å². The minimum atomic E-state index is -0.727. The SMILES string of the molecule is CC(C)c1c(C(=O)N=Nc2c(O)[nH]c3ccccc23)nnn1-c1nonc1N. The minimum absolute atomic E-state index is 0.0103. The van der Waals surface area contributed by atoms with Crippen molar-refractivity contribution in [3.63, 3.8) is 0 Å². The summed E-state index contributed by atoms with van der Waals surface area (Å²) in [5.74, 6) is -0.944. The lowest BCUT2D eigenvalue weighted by atomic mass is 10.1. The van der Waals surface area contributed by atoms with E-state index < -0.39 is 5.91 Å². The highest BCUT2D eigenvalue weighted by Crippen LogP contribution is 2.35. The van der Waals surface area contributed by atoms with Gasteiger partial charge in [-0.3, -0.25) is 4.79 Å². The predicted octanol–water partition coefficient (Wildman–Crippen LogP) is 2.47. The number of H-pyrrole nitrogens is 1. The average Bonchev–Trinajstić information content (AvgIpc) is 3.35. The van der Waals surface area contributed by atoms with Gasteiger partial charge in [0, 0.05) is 5.39 Å². The van der Waals surface area contributed by atoms with Crippen molar-refractivity contribution in [1.82, 2.24) is 30.3 Å². The van der Waals surface area contributed by atoms with Crippen LogP contribution in [-0.2, 0) is 0 Å². The van der Waals surface area contributed by atoms with E-state index in [1.165, 1.54) is 4.68 Å². The predicted molar refractivity (Wildman–Crippen MR) is 96.5 cm³/mol. The van der Waals surface area contributed by atoms with E-state index in [-0.39, 0.29) is 34.8 Å². The van der Waals surface area contributed by atoms with Crippen molar-refractivity contribution < 1.29 is 14.5 Å². The van der Waals surface area contributed by atoms with Gasteiger partial charge in [0.15, 0.2) is 11.4 Å². The Kier molecular flexibility index (Phi) is 4.07. The second-order valence-electron chi connectivity index (χ2n) is 6.24. The number of aromatic hydroxyl groups is 1. The quantitative estimate of drug-likeness (QED) is 0.452. The number of hydrogen-bond donors (Lipinski definition) is 3. The number of hydrogen-bond acceptors (Lipinski definition) is 9. The maximum atomic E-state index is 12.6. The van der Waals surface area contributed by atoms with Gasteiger partial charge in [-0.1, -0.05) is 37.3 Å². The van der Waals surface area contributed by atoms with E-state index in [0.717, 1.165) is 0 Å². The topological polar surface area (TPSA) is 173 Å². The van der Waals surface area contributed by atoms with Crippen molar-refractivity contribution in [2.45, 2.75) is 19.8 Å². The zero-order valence-electron chi connectivity index (χ0n) is 14.9. The second-order valence-corrected chi connectivity index (χ2v) is 6.24. The van der Waals surface area contributed by atoms with Crippen LogP contribution >= 0.6 is 0 Å². The smallest absolute Gasteiger partial charge is 0.317 e. The summed E-state index contributed by atoms with van der Waals surface area (Å²) in [6.45, 7) is 3.69. The molecule has 0 unspecified atom stereocenters. The van der Waals surface area contributed by atoms with E-state index in [9.17, 15) is 9.90 Å². The van der Waals surface area contributed by atoms with Crippen molar-refractivity contribution in [2.75, 3.05) is 5.73 Å². The summed E-state index contributed by atoms with van der Waals surface area (Å²) >= 11 is 0. The van der Waals surface area contributed by atoms with E-state index in [1.54, 1.807) is 18.2 Å². The molecule has 12 nitrogen and oxygen atoms in total. The second kappa shape index (κ2) is 6.57. The number of amides is 1. The first kappa shape index (κ1) is 17.3. The Labute approximate surface area is 157 Å². The third kappa shape index (κ3) is 2.76. The molecule has 28 heavy (non-hydrogen) atoms. The number of aromatic amines is 1. The number of rotatable bonds is 4. The van der Waals surface area contributed by atoms with Crippen molar-refractivity contribution in [1.29, 1.82) is 0 Å². The number of azo groups is 1. The van der Waals surface area contributed by atoms with Gasteiger partial charge < -0.3 is 15.8 Å². The summed E-state index contributed by atoms with van der Waals surface area (Å²) in [4.78, 5) is 15.4. The van der Waals surface area contributed by atoms with E-state index in [1.807, 2.05) is 19.9 Å². The van der Waals surface area contributed by atoms with E-state index in [2.05, 4.69) is 40.5 Å². The molecule has 0 atom stereocenters. The lowest BCUT2D eigenvalue weighted by Crippen LogP contribution is -2.09. The third-order valence-electron chi connectivity index (χ3n) is 4.05. The summed E-state index contributed by atoms with van der Waals surface area (Å²) in [7, 11) is 0. The summed E-state index contributed by atoms with van der Waals surface area (Å²) in [6, 6.07) is 7.12. The molecule has 3 aromatic heterocycles. The number of nitrogen functional groups attached to an aromatic ring is 1. The molecule has 0 radical (unpaired) electrons. The number of aromatic nitrogens is 6. The summed E-state index contributed by atoms with van der Waals surface area (Å²) in [5.41, 5.74) is 6.95. The maximum absolute atomic E-state index is 12.6. The number of carbonyl (C=O) groups is 1. The Morgan fingerprint density at radius 3 is 2.82 bits per heavy atom. The molecular formula is C16H15N9O3. The number of fused-ring (bicyclic) bond motifs is 1. The molecule has 0 aliphatic carbocycles. The number of carbonyl (C=O) groups excluding carboxylic acids is 1. The van der Waals surface area contributed by atoms with Crippen LogP contribution in [0.3, 0.4) is 0 Å². The first-order valence-corrected chi connectivity index (χ1v) is 8.27. The van der Waals surface area contributed by atoms with E-state index in [0.29, 0.717) is 16.6 Å². The largest absolute Gasteiger partial charge is 0.493 e. The highest BCUT2D eigenvalue weighted by atomic mass is 16.6. The molecule has 0 spiro atoms. The lowest BCUT2D eigenvalue weighted by Gasteiger charge is -2.06. The van der Waals surface area contributed by atoms with Crippen molar-refractivity contribution in [3.05, 3.63) is 35.7 Å². The maximum Gasteiger partial charge on any atom is 0.317 e. The molecule has 12 heteroatoms. The molecule has 0 aliphatic rings. The molecule has 0 saturated carbocycles. The van der Waals surface area contributed by atoms with Gasteiger partial charge in [-0.2, -0.15) is 4.68 Å². The van der Waals surface area contributed by atoms with Gasteiger partial charge in [0.25, 0.3) is 0 Å². The van der Waals surface area contributed by atoms with Gasteiger partial charge in [0.05, 0.1) is 11.2 Å². The molecular weight excluding hydrogens is 366 g/mol.